The highest BCUT2D eigenvalue weighted by atomic mass is 79.9. The van der Waals surface area contributed by atoms with Gasteiger partial charge in [-0.1, -0.05) is 319 Å². The number of fused-ring (bicyclic) bond motifs is 28. The van der Waals surface area contributed by atoms with E-state index in [1.165, 1.54) is 182 Å². The molecule has 3 aromatic heterocycles. The van der Waals surface area contributed by atoms with Crippen LogP contribution in [0.3, 0.4) is 0 Å². The van der Waals surface area contributed by atoms with Crippen LogP contribution < -0.4 is 21.4 Å². The Labute approximate surface area is 660 Å². The fourth-order valence-corrected chi connectivity index (χ4v) is 22.4. The molecule has 18 aromatic carbocycles. The van der Waals surface area contributed by atoms with E-state index in [1.807, 2.05) is 52.2 Å². The smallest absolute Gasteiger partial charge is 0.423 e. The Bertz CT molecular complexity index is 7130. The third kappa shape index (κ3) is 13.1. The van der Waals surface area contributed by atoms with Crippen molar-refractivity contribution in [1.82, 2.24) is 0 Å². The fourth-order valence-electron chi connectivity index (χ4n) is 16.0. The minimum atomic E-state index is -1.80. The number of thiophene rings is 3. The highest BCUT2D eigenvalue weighted by molar-refractivity contribution is 9.10. The number of para-hydroxylation sites is 2. The van der Waals surface area contributed by atoms with Crippen LogP contribution in [0.4, 0.5) is 11.4 Å². The molecule has 0 amide bonds. The highest BCUT2D eigenvalue weighted by Crippen LogP contribution is 2.51. The summed E-state index contributed by atoms with van der Waals surface area (Å²) in [7, 11) is -2.25. The molecule has 0 bridgehead atoms. The summed E-state index contributed by atoms with van der Waals surface area (Å²) in [5, 5.41) is 67.2. The Morgan fingerprint density at radius 1 is 0.315 bits per heavy atom. The standard InChI is InChI=1S/C27H16S.C26H15NO2S.C20H11BrS.C18H15P.C6H6BNO4/c1-2-8-17-16(7-1)15-23-18(17)13-14-22-25(23)19-9-3-4-10-20(19)27-26(22)21-11-5-6-12-24(21)28-27;28-27(29)23-11-5-3-7-17(23)16-13-14-19-22(15-16)18-8-1-2-9-20(18)26-25(19)21-10-4-6-12-24(21)30-26;21-12-9-10-14-17(11-12)13-5-1-2-6-15(13)20-19(14)16-7-3-4-8-18(16)22-20;1-4-10-16(11-5-1)19(17-12-6-2-7-13-17)18-14-8-3-9-15-18;9-7(10)5-3-1-2-4-6(5)8(11)12/h1-14H,15H2;1-15H;1-11H;1-15H;1-4,9-10H. The predicted molar refractivity (Wildman–Crippen MR) is 479 cm³/mol. The van der Waals surface area contributed by atoms with Crippen molar-refractivity contribution in [2.45, 2.75) is 6.42 Å². The molecule has 0 spiro atoms. The summed E-state index contributed by atoms with van der Waals surface area (Å²) >= 11 is 9.27. The molecular weight excluding hydrogens is 1510 g/mol. The van der Waals surface area contributed by atoms with Crippen molar-refractivity contribution >= 4 is 223 Å². The number of hydrogen-bond donors (Lipinski definition) is 2. The summed E-state index contributed by atoms with van der Waals surface area (Å²) in [6.45, 7) is 0. The largest absolute Gasteiger partial charge is 0.495 e. The second-order valence-corrected chi connectivity index (χ2v) is 33.4. The van der Waals surface area contributed by atoms with Gasteiger partial charge in [-0.3, -0.25) is 20.2 Å². The van der Waals surface area contributed by atoms with Gasteiger partial charge in [-0.25, -0.2) is 0 Å². The van der Waals surface area contributed by atoms with Gasteiger partial charge in [0.25, 0.3) is 11.4 Å². The first kappa shape index (κ1) is 70.5. The van der Waals surface area contributed by atoms with E-state index in [9.17, 15) is 20.2 Å². The third-order valence-corrected chi connectivity index (χ3v) is 27.4. The molecule has 2 N–H and O–H groups in total. The molecule has 0 radical (unpaired) electrons. The molecule has 0 aliphatic heterocycles. The molecule has 111 heavy (non-hydrogen) atoms. The van der Waals surface area contributed by atoms with Crippen molar-refractivity contribution in [3.8, 4) is 22.3 Å². The van der Waals surface area contributed by atoms with Gasteiger partial charge in [-0.05, 0) is 149 Å². The van der Waals surface area contributed by atoms with Gasteiger partial charge in [0.2, 0.25) is 0 Å². The molecule has 14 heteroatoms. The topological polar surface area (TPSA) is 127 Å². The molecule has 21 aromatic rings. The lowest BCUT2D eigenvalue weighted by Crippen LogP contribution is -2.31. The van der Waals surface area contributed by atoms with Gasteiger partial charge in [0, 0.05) is 93.3 Å². The Morgan fingerprint density at radius 2 is 0.685 bits per heavy atom. The summed E-state index contributed by atoms with van der Waals surface area (Å²) in [6.07, 6.45) is 1.03. The molecule has 8 nitrogen and oxygen atoms in total. The van der Waals surface area contributed by atoms with Gasteiger partial charge in [0.05, 0.1) is 20.9 Å². The fraction of sp³-hybridized carbons (Fsp3) is 0.0103. The van der Waals surface area contributed by atoms with Crippen LogP contribution in [0.5, 0.6) is 0 Å². The van der Waals surface area contributed by atoms with E-state index in [1.54, 1.807) is 12.1 Å². The second kappa shape index (κ2) is 30.4. The number of halogens is 1. The van der Waals surface area contributed by atoms with Crippen LogP contribution >= 0.6 is 57.9 Å². The molecule has 0 saturated heterocycles. The highest BCUT2D eigenvalue weighted by Gasteiger charge is 2.26. The van der Waals surface area contributed by atoms with E-state index in [4.69, 9.17) is 10.0 Å². The maximum absolute atomic E-state index is 11.6. The summed E-state index contributed by atoms with van der Waals surface area (Å²) in [4.78, 5) is 20.9. The van der Waals surface area contributed by atoms with Crippen LogP contribution in [0.1, 0.15) is 11.1 Å². The average molecular weight is 1570 g/mol. The Morgan fingerprint density at radius 3 is 1.18 bits per heavy atom. The van der Waals surface area contributed by atoms with Crippen molar-refractivity contribution < 1.29 is 19.9 Å². The Kier molecular flexibility index (Phi) is 19.3. The molecule has 0 atom stereocenters. The average Bonchev–Trinajstić information content (AvgIpc) is 1.60. The molecule has 3 heterocycles. The number of hydrogen-bond acceptors (Lipinski definition) is 9. The zero-order chi connectivity index (χ0) is 75.2. The van der Waals surface area contributed by atoms with Gasteiger partial charge >= 0.3 is 7.12 Å². The van der Waals surface area contributed by atoms with Gasteiger partial charge in [0.1, 0.15) is 0 Å². The molecule has 1 aliphatic carbocycles. The van der Waals surface area contributed by atoms with Gasteiger partial charge in [-0.15, -0.1) is 34.0 Å². The Hall–Kier alpha value is -12.1. The van der Waals surface area contributed by atoms with Crippen molar-refractivity contribution in [3.05, 3.63) is 394 Å². The predicted octanol–water partition coefficient (Wildman–Crippen LogP) is 25.7. The minimum absolute atomic E-state index is 0.0949. The van der Waals surface area contributed by atoms with Crippen molar-refractivity contribution in [1.29, 1.82) is 0 Å². The third-order valence-electron chi connectivity index (χ3n) is 20.8. The number of rotatable bonds is 7. The summed E-state index contributed by atoms with van der Waals surface area (Å²) in [6, 6.07) is 123. The normalized spacial score (nSPS) is 11.6. The van der Waals surface area contributed by atoms with E-state index in [-0.39, 0.29) is 21.8 Å². The SMILES string of the molecule is Brc1ccc2c(c1)c1ccccc1c1sc3ccccc3c21.O=[N+]([O-])c1ccccc1-c1ccc2c(c1)c1ccccc1c1sc3ccccc3c21.O=[N+]([O-])c1ccccc1B(O)O.c1ccc(P(c2ccccc2)c2ccccc2)cc1.c1ccc2c(c1)Cc1c-2ccc2c1c1ccccc1c1sc3ccccc3c21. The van der Waals surface area contributed by atoms with Crippen molar-refractivity contribution in [3.63, 3.8) is 0 Å². The molecule has 0 unspecified atom stereocenters. The summed E-state index contributed by atoms with van der Waals surface area (Å²) in [5.41, 5.74) is 7.00. The quantitative estimate of drug-likeness (QED) is 0.0538. The minimum Gasteiger partial charge on any atom is -0.423 e. The van der Waals surface area contributed by atoms with E-state index in [0.29, 0.717) is 5.56 Å². The summed E-state index contributed by atoms with van der Waals surface area (Å²) < 4.78 is 9.23. The lowest BCUT2D eigenvalue weighted by Gasteiger charge is -2.18. The number of benzene rings is 18. The van der Waals surface area contributed by atoms with Crippen molar-refractivity contribution in [2.24, 2.45) is 0 Å². The van der Waals surface area contributed by atoms with E-state index in [2.05, 4.69) is 319 Å². The number of nitro benzene ring substituents is 2. The van der Waals surface area contributed by atoms with Crippen molar-refractivity contribution in [2.75, 3.05) is 0 Å². The molecule has 1 aliphatic rings. The maximum atomic E-state index is 11.6. The molecular formula is C97H63BBrN2O6PS3. The zero-order valence-electron chi connectivity index (χ0n) is 59.3. The Balaban J connectivity index is 0.0000000999. The first-order valence-electron chi connectivity index (χ1n) is 36.3. The molecule has 530 valence electrons. The second-order valence-electron chi connectivity index (χ2n) is 27.1. The van der Waals surface area contributed by atoms with Crippen LogP contribution in [-0.4, -0.2) is 27.0 Å². The molecule has 0 saturated carbocycles. The van der Waals surface area contributed by atoms with Crippen LogP contribution in [0.15, 0.2) is 362 Å². The van der Waals surface area contributed by atoms with Crippen LogP contribution in [-0.2, 0) is 6.42 Å². The first-order chi connectivity index (χ1) is 54.5. The lowest BCUT2D eigenvalue weighted by molar-refractivity contribution is -0.384. The monoisotopic (exact) mass is 1570 g/mol. The van der Waals surface area contributed by atoms with Gasteiger partial charge < -0.3 is 10.0 Å². The van der Waals surface area contributed by atoms with Crippen LogP contribution in [0.2, 0.25) is 0 Å². The van der Waals surface area contributed by atoms with Gasteiger partial charge in [-0.2, -0.15) is 0 Å². The summed E-state index contributed by atoms with van der Waals surface area (Å²) in [5.74, 6) is 0. The molecule has 22 rings (SSSR count). The van der Waals surface area contributed by atoms with E-state index < -0.39 is 20.0 Å². The first-order valence-corrected chi connectivity index (χ1v) is 40.9. The van der Waals surface area contributed by atoms with E-state index >= 15 is 0 Å². The molecule has 0 fully saturated rings. The maximum Gasteiger partial charge on any atom is 0.495 e. The number of nitro groups is 2. The lowest BCUT2D eigenvalue weighted by atomic mass is 9.79. The van der Waals surface area contributed by atoms with Crippen LogP contribution in [0.25, 0.3) is 147 Å². The van der Waals surface area contributed by atoms with Gasteiger partial charge in [0.15, 0.2) is 0 Å². The number of nitrogens with zero attached hydrogens (tertiary/aromatic N) is 2. The van der Waals surface area contributed by atoms with E-state index in [0.717, 1.165) is 21.8 Å². The van der Waals surface area contributed by atoms with Crippen LogP contribution in [0, 0.1) is 20.2 Å². The zero-order valence-corrected chi connectivity index (χ0v) is 64.2.